The van der Waals surface area contributed by atoms with E-state index in [1.54, 1.807) is 0 Å². The van der Waals surface area contributed by atoms with E-state index < -0.39 is 0 Å². The van der Waals surface area contributed by atoms with Crippen LogP contribution < -0.4 is 0 Å². The Morgan fingerprint density at radius 3 is 3.06 bits per heavy atom. The summed E-state index contributed by atoms with van der Waals surface area (Å²) < 4.78 is 0. The monoisotopic (exact) mass is 266 g/mol. The van der Waals surface area contributed by atoms with Crippen LogP contribution in [0.25, 0.3) is 0 Å². The zero-order valence-corrected chi connectivity index (χ0v) is 11.4. The van der Waals surface area contributed by atoms with Gasteiger partial charge in [-0.2, -0.15) is 0 Å². The predicted octanol–water partition coefficient (Wildman–Crippen LogP) is 1.47. The fourth-order valence-corrected chi connectivity index (χ4v) is 3.64. The predicted molar refractivity (Wildman–Crippen MR) is 69.3 cm³/mol. The Labute approximate surface area is 111 Å². The number of thioether (sulfide) groups is 1. The third kappa shape index (κ3) is 2.25. The number of amides is 1. The van der Waals surface area contributed by atoms with Crippen molar-refractivity contribution in [1.29, 1.82) is 0 Å². The summed E-state index contributed by atoms with van der Waals surface area (Å²) in [7, 11) is 0. The highest BCUT2D eigenvalue weighted by atomic mass is 32.2. The molecular weight excluding hydrogens is 248 g/mol. The van der Waals surface area contributed by atoms with Crippen LogP contribution in [-0.2, 0) is 11.2 Å². The van der Waals surface area contributed by atoms with E-state index in [1.165, 1.54) is 31.0 Å². The second-order valence-electron chi connectivity index (χ2n) is 5.09. The maximum absolute atomic E-state index is 12.1. The van der Waals surface area contributed by atoms with Gasteiger partial charge in [0.05, 0.1) is 5.75 Å². The molecule has 1 aliphatic heterocycles. The molecule has 5 nitrogen and oxygen atoms in total. The van der Waals surface area contributed by atoms with Crippen molar-refractivity contribution in [3.63, 3.8) is 0 Å². The topological polar surface area (TPSA) is 61.9 Å². The summed E-state index contributed by atoms with van der Waals surface area (Å²) in [4.78, 5) is 18.5. The summed E-state index contributed by atoms with van der Waals surface area (Å²) in [5, 5.41) is 7.64. The van der Waals surface area contributed by atoms with Gasteiger partial charge in [-0.25, -0.2) is 4.98 Å². The molecule has 2 heterocycles. The summed E-state index contributed by atoms with van der Waals surface area (Å²) in [6.07, 6.45) is 4.57. The Bertz CT molecular complexity index is 447. The third-order valence-electron chi connectivity index (χ3n) is 3.90. The highest BCUT2D eigenvalue weighted by molar-refractivity contribution is 7.99. The average molecular weight is 266 g/mol. The second kappa shape index (κ2) is 4.91. The minimum atomic E-state index is 0.245. The molecular formula is C12H18N4OS. The maximum atomic E-state index is 12.1. The molecule has 1 saturated carbocycles. The molecule has 3 rings (SSSR count). The smallest absolute Gasteiger partial charge is 0.233 e. The van der Waals surface area contributed by atoms with Crippen molar-refractivity contribution in [2.45, 2.75) is 43.8 Å². The molecule has 0 radical (unpaired) electrons. The van der Waals surface area contributed by atoms with Gasteiger partial charge in [-0.15, -0.1) is 5.10 Å². The first-order valence-corrected chi connectivity index (χ1v) is 7.58. The number of likely N-dealkylation sites (tertiary alicyclic amines) is 1. The van der Waals surface area contributed by atoms with Crippen LogP contribution in [0.4, 0.5) is 0 Å². The number of nitrogens with one attached hydrogen (secondary N) is 1. The lowest BCUT2D eigenvalue weighted by atomic mass is 10.1. The number of aromatic nitrogens is 3. The summed E-state index contributed by atoms with van der Waals surface area (Å²) in [5.41, 5.74) is 0. The average Bonchev–Trinajstić information content (AvgIpc) is 3.11. The lowest BCUT2D eigenvalue weighted by Gasteiger charge is -2.26. The molecule has 6 heteroatoms. The Morgan fingerprint density at radius 2 is 2.44 bits per heavy atom. The van der Waals surface area contributed by atoms with Gasteiger partial charge < -0.3 is 4.90 Å². The number of H-pyrrole nitrogens is 1. The van der Waals surface area contributed by atoms with Crippen molar-refractivity contribution in [2.75, 3.05) is 12.3 Å². The molecule has 2 fully saturated rings. The Hall–Kier alpha value is -1.04. The van der Waals surface area contributed by atoms with E-state index in [2.05, 4.69) is 20.1 Å². The molecule has 0 spiro atoms. The van der Waals surface area contributed by atoms with Crippen molar-refractivity contribution >= 4 is 17.7 Å². The molecule has 1 aliphatic carbocycles. The number of piperidine rings is 1. The SMILES string of the molecule is CCc1nc(SCC(=O)N2C[C@@H]3CC[C@@H]2C3)n[nH]1. The molecule has 1 amide bonds. The number of hydrogen-bond donors (Lipinski definition) is 1. The van der Waals surface area contributed by atoms with Crippen LogP contribution in [0.3, 0.4) is 0 Å². The van der Waals surface area contributed by atoms with Crippen LogP contribution >= 0.6 is 11.8 Å². The van der Waals surface area contributed by atoms with E-state index in [4.69, 9.17) is 0 Å². The van der Waals surface area contributed by atoms with Crippen LogP contribution in [0.15, 0.2) is 5.16 Å². The van der Waals surface area contributed by atoms with Crippen molar-refractivity contribution in [1.82, 2.24) is 20.1 Å². The maximum Gasteiger partial charge on any atom is 0.233 e. The van der Waals surface area contributed by atoms with Gasteiger partial charge in [0.1, 0.15) is 5.82 Å². The van der Waals surface area contributed by atoms with E-state index in [9.17, 15) is 4.79 Å². The number of carbonyl (C=O) groups is 1. The summed E-state index contributed by atoms with van der Waals surface area (Å²) in [6, 6.07) is 0.515. The number of nitrogens with zero attached hydrogens (tertiary/aromatic N) is 3. The molecule has 0 unspecified atom stereocenters. The number of carbonyl (C=O) groups excluding carboxylic acids is 1. The van der Waals surface area contributed by atoms with Gasteiger partial charge in [0.2, 0.25) is 11.1 Å². The molecule has 1 saturated heterocycles. The van der Waals surface area contributed by atoms with Gasteiger partial charge in [-0.1, -0.05) is 18.7 Å². The van der Waals surface area contributed by atoms with Crippen LogP contribution in [0, 0.1) is 5.92 Å². The highest BCUT2D eigenvalue weighted by Crippen LogP contribution is 2.37. The molecule has 1 aromatic rings. The number of aromatic amines is 1. The lowest BCUT2D eigenvalue weighted by molar-refractivity contribution is -0.129. The van der Waals surface area contributed by atoms with E-state index in [-0.39, 0.29) is 5.91 Å². The minimum absolute atomic E-state index is 0.245. The fraction of sp³-hybridized carbons (Fsp3) is 0.750. The molecule has 0 aromatic carbocycles. The van der Waals surface area contributed by atoms with E-state index in [0.29, 0.717) is 17.0 Å². The van der Waals surface area contributed by atoms with Crippen LogP contribution in [0.5, 0.6) is 0 Å². The van der Waals surface area contributed by atoms with Gasteiger partial charge in [0, 0.05) is 19.0 Å². The summed E-state index contributed by atoms with van der Waals surface area (Å²) in [5.74, 6) is 2.35. The van der Waals surface area contributed by atoms with Crippen molar-refractivity contribution in [2.24, 2.45) is 5.92 Å². The van der Waals surface area contributed by atoms with Gasteiger partial charge in [-0.3, -0.25) is 9.89 Å². The number of rotatable bonds is 4. The molecule has 2 aliphatic rings. The van der Waals surface area contributed by atoms with Crippen LogP contribution in [-0.4, -0.2) is 44.3 Å². The quantitative estimate of drug-likeness (QED) is 0.838. The standard InChI is InChI=1S/C12H18N4OS/c1-2-10-13-12(15-14-10)18-7-11(17)16-6-8-3-4-9(16)5-8/h8-9H,2-7H2,1H3,(H,13,14,15)/t8-,9-/m1/s1. The summed E-state index contributed by atoms with van der Waals surface area (Å²) in [6.45, 7) is 3.00. The molecule has 1 N–H and O–H groups in total. The van der Waals surface area contributed by atoms with Crippen LogP contribution in [0.1, 0.15) is 32.0 Å². The van der Waals surface area contributed by atoms with Crippen molar-refractivity contribution in [3.8, 4) is 0 Å². The number of fused-ring (bicyclic) bond motifs is 2. The first-order valence-electron chi connectivity index (χ1n) is 6.59. The number of hydrogen-bond acceptors (Lipinski definition) is 4. The normalized spacial score (nSPS) is 25.9. The highest BCUT2D eigenvalue weighted by Gasteiger charge is 2.39. The van der Waals surface area contributed by atoms with E-state index in [1.807, 2.05) is 6.92 Å². The molecule has 18 heavy (non-hydrogen) atoms. The van der Waals surface area contributed by atoms with Crippen molar-refractivity contribution in [3.05, 3.63) is 5.82 Å². The third-order valence-corrected chi connectivity index (χ3v) is 4.73. The largest absolute Gasteiger partial charge is 0.339 e. The van der Waals surface area contributed by atoms with Crippen LogP contribution in [0.2, 0.25) is 0 Å². The first kappa shape index (κ1) is 12.0. The second-order valence-corrected chi connectivity index (χ2v) is 6.03. The Morgan fingerprint density at radius 1 is 1.56 bits per heavy atom. The lowest BCUT2D eigenvalue weighted by Crippen LogP contribution is -2.38. The summed E-state index contributed by atoms with van der Waals surface area (Å²) >= 11 is 1.43. The first-order chi connectivity index (χ1) is 8.76. The van der Waals surface area contributed by atoms with Crippen molar-refractivity contribution < 1.29 is 4.79 Å². The number of aryl methyl sites for hydroxylation is 1. The Balaban J connectivity index is 1.52. The molecule has 2 bridgehead atoms. The van der Waals surface area contributed by atoms with Gasteiger partial charge in [0.15, 0.2) is 0 Å². The molecule has 2 atom stereocenters. The van der Waals surface area contributed by atoms with Gasteiger partial charge in [-0.05, 0) is 25.2 Å². The van der Waals surface area contributed by atoms with E-state index in [0.717, 1.165) is 24.7 Å². The van der Waals surface area contributed by atoms with Gasteiger partial charge in [0.25, 0.3) is 0 Å². The van der Waals surface area contributed by atoms with Gasteiger partial charge >= 0.3 is 0 Å². The Kier molecular flexibility index (Phi) is 3.28. The molecule has 98 valence electrons. The zero-order valence-electron chi connectivity index (χ0n) is 10.6. The minimum Gasteiger partial charge on any atom is -0.339 e. The fourth-order valence-electron chi connectivity index (χ4n) is 2.94. The molecule has 1 aromatic heterocycles. The van der Waals surface area contributed by atoms with E-state index >= 15 is 0 Å². The zero-order chi connectivity index (χ0) is 12.5.